The number of carbonyl (C=O) groups is 2. The van der Waals surface area contributed by atoms with Crippen LogP contribution in [0.3, 0.4) is 0 Å². The van der Waals surface area contributed by atoms with Crippen molar-refractivity contribution < 1.29 is 9.59 Å². The maximum Gasteiger partial charge on any atom is 0.251 e. The molecule has 0 fully saturated rings. The van der Waals surface area contributed by atoms with E-state index in [1.807, 2.05) is 27.9 Å². The van der Waals surface area contributed by atoms with Gasteiger partial charge in [0, 0.05) is 23.7 Å². The largest absolute Gasteiger partial charge is 0.354 e. The smallest absolute Gasteiger partial charge is 0.251 e. The van der Waals surface area contributed by atoms with Crippen molar-refractivity contribution >= 4 is 23.4 Å². The fourth-order valence-corrected chi connectivity index (χ4v) is 3.03. The van der Waals surface area contributed by atoms with Gasteiger partial charge in [0.2, 0.25) is 5.91 Å². The molecule has 0 aromatic heterocycles. The molecule has 1 aromatic carbocycles. The third kappa shape index (κ3) is 8.19. The minimum Gasteiger partial charge on any atom is -0.354 e. The van der Waals surface area contributed by atoms with E-state index in [0.717, 1.165) is 6.54 Å². The lowest BCUT2D eigenvalue weighted by Crippen LogP contribution is -2.50. The first-order valence-electron chi connectivity index (χ1n) is 8.99. The van der Waals surface area contributed by atoms with Gasteiger partial charge in [0.1, 0.15) is 6.04 Å². The van der Waals surface area contributed by atoms with Crippen molar-refractivity contribution in [3.8, 4) is 0 Å². The highest BCUT2D eigenvalue weighted by molar-refractivity contribution is 6.30. The Bertz CT molecular complexity index is 598. The van der Waals surface area contributed by atoms with Gasteiger partial charge in [0.15, 0.2) is 0 Å². The number of nitrogens with one attached hydrogen (secondary N) is 2. The van der Waals surface area contributed by atoms with Crippen LogP contribution in [-0.4, -0.2) is 49.9 Å². The van der Waals surface area contributed by atoms with Gasteiger partial charge in [-0.1, -0.05) is 39.3 Å². The summed E-state index contributed by atoms with van der Waals surface area (Å²) in [4.78, 5) is 27.2. The Hall–Kier alpha value is -1.59. The van der Waals surface area contributed by atoms with Crippen LogP contribution in [0.25, 0.3) is 0 Å². The first kappa shape index (κ1) is 22.5. The van der Waals surface area contributed by atoms with Crippen LogP contribution in [0.4, 0.5) is 0 Å². The second kappa shape index (κ2) is 9.93. The van der Waals surface area contributed by atoms with E-state index in [4.69, 9.17) is 11.6 Å². The molecule has 0 aliphatic rings. The fraction of sp³-hybridized carbons (Fsp3) is 0.600. The molecule has 0 spiro atoms. The molecule has 2 N–H and O–H groups in total. The van der Waals surface area contributed by atoms with Crippen molar-refractivity contribution in [3.63, 3.8) is 0 Å². The normalized spacial score (nSPS) is 13.0. The molecule has 0 bridgehead atoms. The van der Waals surface area contributed by atoms with E-state index in [0.29, 0.717) is 23.6 Å². The SMILES string of the molecule is CC(C)CC(NC(=O)c1ccc(Cl)cc1)C(=O)NCC(C)(C)CN(C)C. The van der Waals surface area contributed by atoms with Gasteiger partial charge >= 0.3 is 0 Å². The molecule has 1 aromatic rings. The number of halogens is 1. The van der Waals surface area contributed by atoms with Crippen LogP contribution in [0.1, 0.15) is 44.5 Å². The van der Waals surface area contributed by atoms with Crippen molar-refractivity contribution in [2.75, 3.05) is 27.2 Å². The summed E-state index contributed by atoms with van der Waals surface area (Å²) in [6.45, 7) is 9.69. The molecule has 0 saturated heterocycles. The molecule has 5 nitrogen and oxygen atoms in total. The van der Waals surface area contributed by atoms with Gasteiger partial charge in [0.05, 0.1) is 0 Å². The fourth-order valence-electron chi connectivity index (χ4n) is 2.91. The number of rotatable bonds is 9. The molecule has 1 unspecified atom stereocenters. The van der Waals surface area contributed by atoms with Gasteiger partial charge in [-0.25, -0.2) is 0 Å². The predicted octanol–water partition coefficient (Wildman–Crippen LogP) is 3.19. The average molecular weight is 382 g/mol. The summed E-state index contributed by atoms with van der Waals surface area (Å²) < 4.78 is 0. The molecule has 1 rings (SSSR count). The quantitative estimate of drug-likeness (QED) is 0.690. The van der Waals surface area contributed by atoms with E-state index in [1.165, 1.54) is 0 Å². The van der Waals surface area contributed by atoms with Crippen LogP contribution >= 0.6 is 11.6 Å². The van der Waals surface area contributed by atoms with E-state index in [9.17, 15) is 9.59 Å². The van der Waals surface area contributed by atoms with Crippen molar-refractivity contribution in [2.24, 2.45) is 11.3 Å². The van der Waals surface area contributed by atoms with Crippen LogP contribution < -0.4 is 10.6 Å². The molecule has 0 heterocycles. The number of amides is 2. The van der Waals surface area contributed by atoms with Gasteiger partial charge in [-0.05, 0) is 56.1 Å². The second-order valence-corrected chi connectivity index (χ2v) is 8.72. The van der Waals surface area contributed by atoms with E-state index in [-0.39, 0.29) is 23.1 Å². The van der Waals surface area contributed by atoms with Crippen molar-refractivity contribution in [1.29, 1.82) is 0 Å². The summed E-state index contributed by atoms with van der Waals surface area (Å²) >= 11 is 5.86. The lowest BCUT2D eigenvalue weighted by molar-refractivity contribution is -0.123. The topological polar surface area (TPSA) is 61.4 Å². The van der Waals surface area contributed by atoms with E-state index in [2.05, 4.69) is 29.4 Å². The number of benzene rings is 1. The molecular formula is C20H32ClN3O2. The standard InChI is InChI=1S/C20H32ClN3O2/c1-14(2)11-17(19(26)22-12-20(3,4)13-24(5)6)23-18(25)15-7-9-16(21)10-8-15/h7-10,14,17H,11-13H2,1-6H3,(H,22,26)(H,23,25). The van der Waals surface area contributed by atoms with Crippen molar-refractivity contribution in [2.45, 2.75) is 40.2 Å². The molecule has 0 saturated carbocycles. The molecule has 2 amide bonds. The monoisotopic (exact) mass is 381 g/mol. The highest BCUT2D eigenvalue weighted by Gasteiger charge is 2.25. The summed E-state index contributed by atoms with van der Waals surface area (Å²) in [6.07, 6.45) is 0.583. The highest BCUT2D eigenvalue weighted by atomic mass is 35.5. The molecule has 6 heteroatoms. The lowest BCUT2D eigenvalue weighted by Gasteiger charge is -2.29. The number of hydrogen-bond donors (Lipinski definition) is 2. The first-order chi connectivity index (χ1) is 12.0. The highest BCUT2D eigenvalue weighted by Crippen LogP contribution is 2.15. The molecule has 1 atom stereocenters. The van der Waals surface area contributed by atoms with Gasteiger partial charge in [-0.15, -0.1) is 0 Å². The van der Waals surface area contributed by atoms with Gasteiger partial charge in [-0.2, -0.15) is 0 Å². The summed E-state index contributed by atoms with van der Waals surface area (Å²) in [5.74, 6) is -0.131. The Kier molecular flexibility index (Phi) is 8.57. The number of nitrogens with zero attached hydrogens (tertiary/aromatic N) is 1. The maximum atomic E-state index is 12.7. The molecule has 0 aliphatic carbocycles. The first-order valence-corrected chi connectivity index (χ1v) is 9.37. The molecule has 0 aliphatic heterocycles. The van der Waals surface area contributed by atoms with Crippen LogP contribution in [0.2, 0.25) is 5.02 Å². The average Bonchev–Trinajstić information content (AvgIpc) is 2.51. The lowest BCUT2D eigenvalue weighted by atomic mass is 9.92. The Balaban J connectivity index is 2.74. The van der Waals surface area contributed by atoms with Crippen molar-refractivity contribution in [3.05, 3.63) is 34.9 Å². The van der Waals surface area contributed by atoms with Gasteiger partial charge in [0.25, 0.3) is 5.91 Å². The van der Waals surface area contributed by atoms with Crippen molar-refractivity contribution in [1.82, 2.24) is 15.5 Å². The molecular weight excluding hydrogens is 350 g/mol. The third-order valence-corrected chi connectivity index (χ3v) is 4.17. The Labute approximate surface area is 162 Å². The summed E-state index contributed by atoms with van der Waals surface area (Å²) in [7, 11) is 4.02. The summed E-state index contributed by atoms with van der Waals surface area (Å²) in [6, 6.07) is 6.08. The maximum absolute atomic E-state index is 12.7. The molecule has 0 radical (unpaired) electrons. The van der Waals surface area contributed by atoms with E-state index in [1.54, 1.807) is 24.3 Å². The zero-order chi connectivity index (χ0) is 19.9. The predicted molar refractivity (Wildman–Crippen MR) is 108 cm³/mol. The van der Waals surface area contributed by atoms with E-state index >= 15 is 0 Å². The van der Waals surface area contributed by atoms with Crippen LogP contribution in [0, 0.1) is 11.3 Å². The third-order valence-electron chi connectivity index (χ3n) is 3.92. The Morgan fingerprint density at radius 3 is 2.23 bits per heavy atom. The Morgan fingerprint density at radius 1 is 1.15 bits per heavy atom. The van der Waals surface area contributed by atoms with E-state index < -0.39 is 6.04 Å². The number of hydrogen-bond acceptors (Lipinski definition) is 3. The minimum absolute atomic E-state index is 0.0538. The molecule has 26 heavy (non-hydrogen) atoms. The van der Waals surface area contributed by atoms with Crippen LogP contribution in [0.5, 0.6) is 0 Å². The number of carbonyl (C=O) groups excluding carboxylic acids is 2. The molecule has 146 valence electrons. The van der Waals surface area contributed by atoms with Crippen LogP contribution in [0.15, 0.2) is 24.3 Å². The van der Waals surface area contributed by atoms with Gasteiger partial charge in [-0.3, -0.25) is 9.59 Å². The summed E-state index contributed by atoms with van der Waals surface area (Å²) in [5, 5.41) is 6.43. The summed E-state index contributed by atoms with van der Waals surface area (Å²) in [5.41, 5.74) is 0.436. The Morgan fingerprint density at radius 2 is 1.73 bits per heavy atom. The minimum atomic E-state index is -0.562. The van der Waals surface area contributed by atoms with Gasteiger partial charge < -0.3 is 15.5 Å². The zero-order valence-electron chi connectivity index (χ0n) is 16.7. The second-order valence-electron chi connectivity index (χ2n) is 8.28. The zero-order valence-corrected chi connectivity index (χ0v) is 17.5. The van der Waals surface area contributed by atoms with Crippen LogP contribution in [-0.2, 0) is 4.79 Å².